The van der Waals surface area contributed by atoms with Crippen LogP contribution in [-0.2, 0) is 0 Å². The summed E-state index contributed by atoms with van der Waals surface area (Å²) in [5.74, 6) is 1.63. The van der Waals surface area contributed by atoms with Crippen molar-refractivity contribution in [1.82, 2.24) is 15.0 Å². The van der Waals surface area contributed by atoms with Crippen molar-refractivity contribution in [3.8, 4) is 0 Å². The summed E-state index contributed by atoms with van der Waals surface area (Å²) >= 11 is 0. The average Bonchev–Trinajstić information content (AvgIpc) is 3.36. The average molecular weight is 380 g/mol. The second-order valence-electron chi connectivity index (χ2n) is 9.10. The molecule has 5 nitrogen and oxygen atoms in total. The Hall–Kier alpha value is -2.14. The Morgan fingerprint density at radius 3 is 2.50 bits per heavy atom. The van der Waals surface area contributed by atoms with Gasteiger partial charge in [-0.1, -0.05) is 48.8 Å². The number of carbonyl (C=O) groups excluding carboxylic acids is 1. The van der Waals surface area contributed by atoms with E-state index >= 15 is 0 Å². The summed E-state index contributed by atoms with van der Waals surface area (Å²) in [7, 11) is 0. The van der Waals surface area contributed by atoms with Gasteiger partial charge >= 0.3 is 0 Å². The second-order valence-corrected chi connectivity index (χ2v) is 9.10. The Bertz CT molecular complexity index is 864. The summed E-state index contributed by atoms with van der Waals surface area (Å²) in [6, 6.07) is 11.4. The summed E-state index contributed by atoms with van der Waals surface area (Å²) in [4.78, 5) is 18.2. The van der Waals surface area contributed by atoms with E-state index in [0.29, 0.717) is 23.6 Å². The molecule has 3 atom stereocenters. The van der Waals surface area contributed by atoms with Crippen molar-refractivity contribution in [3.05, 3.63) is 52.9 Å². The van der Waals surface area contributed by atoms with Gasteiger partial charge in [-0.25, -0.2) is 0 Å². The van der Waals surface area contributed by atoms with Crippen molar-refractivity contribution in [1.29, 1.82) is 0 Å². The van der Waals surface area contributed by atoms with Gasteiger partial charge in [0.05, 0.1) is 11.7 Å². The predicted octanol–water partition coefficient (Wildman–Crippen LogP) is 3.81. The third-order valence-electron chi connectivity index (χ3n) is 7.09. The van der Waals surface area contributed by atoms with Crippen LogP contribution < -0.4 is 0 Å². The molecule has 1 amide bonds. The molecule has 2 aromatic rings. The highest BCUT2D eigenvalue weighted by Gasteiger charge is 2.55. The monoisotopic (exact) mass is 379 g/mol. The normalized spacial score (nSPS) is 31.4. The molecule has 28 heavy (non-hydrogen) atoms. The summed E-state index contributed by atoms with van der Waals surface area (Å²) in [6.07, 6.45) is 2.39. The largest absolute Gasteiger partial charge is 0.351 e. The first kappa shape index (κ1) is 17.9. The molecule has 6 rings (SSSR count). The highest BCUT2D eigenvalue weighted by atomic mass is 16.5. The number of aryl methyl sites for hydroxylation is 1. The number of benzene rings is 1. The summed E-state index contributed by atoms with van der Waals surface area (Å²) < 4.78 is 5.46. The summed E-state index contributed by atoms with van der Waals surface area (Å²) in [6.45, 7) is 9.35. The van der Waals surface area contributed by atoms with Crippen molar-refractivity contribution in [3.63, 3.8) is 0 Å². The highest BCUT2D eigenvalue weighted by Crippen LogP contribution is 2.47. The first-order valence-electron chi connectivity index (χ1n) is 10.6. The van der Waals surface area contributed by atoms with E-state index in [4.69, 9.17) is 4.52 Å². The minimum Gasteiger partial charge on any atom is -0.351 e. The van der Waals surface area contributed by atoms with E-state index in [9.17, 15) is 4.79 Å². The lowest BCUT2D eigenvalue weighted by molar-refractivity contribution is -0.00451. The lowest BCUT2D eigenvalue weighted by atomic mass is 9.75. The summed E-state index contributed by atoms with van der Waals surface area (Å²) in [5, 5.41) is 4.11. The quantitative estimate of drug-likeness (QED) is 0.814. The number of hydrogen-bond acceptors (Lipinski definition) is 4. The molecule has 0 radical (unpaired) electrons. The van der Waals surface area contributed by atoms with Crippen molar-refractivity contribution in [2.45, 2.75) is 57.5 Å². The van der Waals surface area contributed by atoms with Crippen LogP contribution in [0.2, 0.25) is 0 Å². The minimum absolute atomic E-state index is 0.0118. The third kappa shape index (κ3) is 2.79. The number of fused-ring (bicyclic) bond motifs is 2. The van der Waals surface area contributed by atoms with Crippen molar-refractivity contribution in [2.24, 2.45) is 5.92 Å². The number of nitrogens with zero attached hydrogens (tertiary/aromatic N) is 3. The van der Waals surface area contributed by atoms with E-state index in [1.165, 1.54) is 24.0 Å². The molecule has 2 bridgehead atoms. The van der Waals surface area contributed by atoms with E-state index in [-0.39, 0.29) is 17.9 Å². The zero-order valence-corrected chi connectivity index (χ0v) is 17.0. The standard InChI is InChI=1S/C23H29N3O2/c1-14(2)19-12-20(28-24-19)23(27)26-13-18(16-6-4-15(3)5-7-16)22-21(26)17-8-10-25(22)11-9-17/h4-7,12,14,17-18,21-22H,8-11,13H2,1-3H3/t18-,21+,22+/m0/s1. The van der Waals surface area contributed by atoms with Crippen molar-refractivity contribution >= 4 is 5.91 Å². The van der Waals surface area contributed by atoms with Crippen LogP contribution in [0, 0.1) is 12.8 Å². The Balaban J connectivity index is 1.49. The minimum atomic E-state index is 0.0118. The highest BCUT2D eigenvalue weighted by molar-refractivity contribution is 5.92. The molecule has 0 saturated carbocycles. The van der Waals surface area contributed by atoms with Crippen LogP contribution in [0.4, 0.5) is 0 Å². The molecule has 0 spiro atoms. The molecule has 5 heteroatoms. The van der Waals surface area contributed by atoms with E-state index in [2.05, 4.69) is 60.0 Å². The zero-order chi connectivity index (χ0) is 19.4. The predicted molar refractivity (Wildman–Crippen MR) is 107 cm³/mol. The maximum absolute atomic E-state index is 13.4. The Kier molecular flexibility index (Phi) is 4.31. The van der Waals surface area contributed by atoms with Gasteiger partial charge in [0.2, 0.25) is 5.76 Å². The Labute approximate surface area is 166 Å². The fourth-order valence-electron chi connectivity index (χ4n) is 5.56. The van der Waals surface area contributed by atoms with E-state index < -0.39 is 0 Å². The van der Waals surface area contributed by atoms with Gasteiger partial charge < -0.3 is 9.42 Å². The Morgan fingerprint density at radius 2 is 1.86 bits per heavy atom. The number of aromatic nitrogens is 1. The van der Waals surface area contributed by atoms with Crippen molar-refractivity contribution < 1.29 is 9.32 Å². The SMILES string of the molecule is Cc1ccc([C@@H]2CN(C(=O)c3cc(C(C)C)no3)[C@@H]3C4CCN(CC4)[C@@H]32)cc1. The van der Waals surface area contributed by atoms with Crippen LogP contribution in [0.3, 0.4) is 0 Å². The maximum atomic E-state index is 13.4. The number of rotatable bonds is 3. The topological polar surface area (TPSA) is 49.6 Å². The molecule has 1 aromatic carbocycles. The van der Waals surface area contributed by atoms with Gasteiger partial charge in [0, 0.05) is 24.6 Å². The number of hydrogen-bond donors (Lipinski definition) is 0. The molecule has 1 aromatic heterocycles. The van der Waals surface area contributed by atoms with Crippen LogP contribution in [0.25, 0.3) is 0 Å². The van der Waals surface area contributed by atoms with Gasteiger partial charge in [-0.3, -0.25) is 9.69 Å². The molecule has 4 aliphatic rings. The molecule has 4 aliphatic heterocycles. The van der Waals surface area contributed by atoms with Gasteiger partial charge in [-0.05, 0) is 50.3 Å². The molecule has 148 valence electrons. The fourth-order valence-corrected chi connectivity index (χ4v) is 5.56. The second kappa shape index (κ2) is 6.73. The van der Waals surface area contributed by atoms with Crippen LogP contribution in [0.1, 0.15) is 65.9 Å². The van der Waals surface area contributed by atoms with Crippen molar-refractivity contribution in [2.75, 3.05) is 19.6 Å². The molecular formula is C23H29N3O2. The molecular weight excluding hydrogens is 350 g/mol. The molecule has 5 heterocycles. The van der Waals surface area contributed by atoms with Gasteiger partial charge in [0.15, 0.2) is 0 Å². The number of piperidine rings is 3. The maximum Gasteiger partial charge on any atom is 0.292 e. The van der Waals surface area contributed by atoms with Gasteiger partial charge in [-0.2, -0.15) is 0 Å². The van der Waals surface area contributed by atoms with Gasteiger partial charge in [0.1, 0.15) is 0 Å². The Morgan fingerprint density at radius 1 is 1.14 bits per heavy atom. The smallest absolute Gasteiger partial charge is 0.292 e. The van der Waals surface area contributed by atoms with Crippen LogP contribution in [0.5, 0.6) is 0 Å². The number of amides is 1. The van der Waals surface area contributed by atoms with E-state index in [0.717, 1.165) is 25.3 Å². The van der Waals surface area contributed by atoms with E-state index in [1.54, 1.807) is 0 Å². The zero-order valence-electron chi connectivity index (χ0n) is 17.0. The lowest BCUT2D eigenvalue weighted by Gasteiger charge is -2.51. The van der Waals surface area contributed by atoms with Crippen LogP contribution in [0.15, 0.2) is 34.9 Å². The first-order chi connectivity index (χ1) is 13.5. The van der Waals surface area contributed by atoms with Crippen LogP contribution in [-0.4, -0.2) is 52.6 Å². The number of likely N-dealkylation sites (tertiary alicyclic amines) is 1. The fraction of sp³-hybridized carbons (Fsp3) is 0.565. The first-order valence-corrected chi connectivity index (χ1v) is 10.6. The molecule has 4 fully saturated rings. The molecule has 4 saturated heterocycles. The van der Waals surface area contributed by atoms with Gasteiger partial charge in [-0.15, -0.1) is 0 Å². The molecule has 0 N–H and O–H groups in total. The molecule has 0 aliphatic carbocycles. The summed E-state index contributed by atoms with van der Waals surface area (Å²) in [5.41, 5.74) is 3.48. The van der Waals surface area contributed by atoms with E-state index in [1.807, 2.05) is 6.07 Å². The molecule has 0 unspecified atom stereocenters. The van der Waals surface area contributed by atoms with Gasteiger partial charge in [0.25, 0.3) is 5.91 Å². The van der Waals surface area contributed by atoms with Crippen LogP contribution >= 0.6 is 0 Å². The third-order valence-corrected chi connectivity index (χ3v) is 7.09. The lowest BCUT2D eigenvalue weighted by Crippen LogP contribution is -2.60. The number of carbonyl (C=O) groups is 1.